The van der Waals surface area contributed by atoms with Crippen molar-refractivity contribution in [2.45, 2.75) is 38.5 Å². The standard InChI is InChI=1S/C12H17NO3/c1-4-7-8-5-9(10(7)14)12(15-3)11(8)16-6(2)13-12/h7-9,11H,4-5H2,1-3H3. The molecule has 4 nitrogen and oxygen atoms in total. The van der Waals surface area contributed by atoms with Crippen molar-refractivity contribution < 1.29 is 14.3 Å². The maximum atomic E-state index is 12.2. The van der Waals surface area contributed by atoms with Gasteiger partial charge in [-0.1, -0.05) is 6.92 Å². The van der Waals surface area contributed by atoms with Crippen LogP contribution < -0.4 is 0 Å². The van der Waals surface area contributed by atoms with Crippen LogP contribution in [-0.4, -0.2) is 30.6 Å². The highest BCUT2D eigenvalue weighted by Crippen LogP contribution is 2.57. The topological polar surface area (TPSA) is 47.9 Å². The van der Waals surface area contributed by atoms with Crippen molar-refractivity contribution in [2.75, 3.05) is 7.11 Å². The van der Waals surface area contributed by atoms with Crippen molar-refractivity contribution in [1.82, 2.24) is 0 Å². The van der Waals surface area contributed by atoms with E-state index in [0.717, 1.165) is 12.8 Å². The minimum atomic E-state index is -0.697. The number of carbonyl (C=O) groups excluding carboxylic acids is 1. The van der Waals surface area contributed by atoms with Crippen LogP contribution in [0.4, 0.5) is 0 Å². The predicted molar refractivity (Wildman–Crippen MR) is 58.1 cm³/mol. The van der Waals surface area contributed by atoms with Gasteiger partial charge in [-0.25, -0.2) is 4.99 Å². The zero-order valence-electron chi connectivity index (χ0n) is 9.90. The number of carbonyl (C=O) groups is 1. The van der Waals surface area contributed by atoms with Crippen LogP contribution in [0.5, 0.6) is 0 Å². The molecule has 1 aliphatic heterocycles. The zero-order valence-corrected chi connectivity index (χ0v) is 9.90. The second-order valence-electron chi connectivity index (χ2n) is 4.99. The number of nitrogens with zero attached hydrogens (tertiary/aromatic N) is 1. The Bertz CT molecular complexity index is 378. The van der Waals surface area contributed by atoms with E-state index in [1.54, 1.807) is 7.11 Å². The SMILES string of the molecule is CCC1C(=O)C2CC1C1OC(C)=NC21OC. The molecule has 0 radical (unpaired) electrons. The number of rotatable bonds is 2. The number of Topliss-reactive ketones (excluding diaryl/α,β-unsaturated/α-hetero) is 1. The van der Waals surface area contributed by atoms with Crippen LogP contribution in [0, 0.1) is 17.8 Å². The molecule has 2 bridgehead atoms. The average Bonchev–Trinajstić information content (AvgIpc) is 2.84. The van der Waals surface area contributed by atoms with Gasteiger partial charge in [0.2, 0.25) is 5.72 Å². The number of methoxy groups -OCH3 is 1. The molecule has 0 amide bonds. The Kier molecular flexibility index (Phi) is 1.97. The fourth-order valence-electron chi connectivity index (χ4n) is 3.81. The van der Waals surface area contributed by atoms with Gasteiger partial charge in [0.15, 0.2) is 12.0 Å². The second-order valence-corrected chi connectivity index (χ2v) is 4.99. The van der Waals surface area contributed by atoms with Gasteiger partial charge in [0.05, 0.1) is 5.92 Å². The molecule has 5 atom stereocenters. The van der Waals surface area contributed by atoms with Crippen molar-refractivity contribution >= 4 is 11.7 Å². The minimum Gasteiger partial charge on any atom is -0.472 e. The third-order valence-corrected chi connectivity index (χ3v) is 4.43. The molecule has 0 spiro atoms. The van der Waals surface area contributed by atoms with Gasteiger partial charge in [0.25, 0.3) is 0 Å². The molecule has 4 heteroatoms. The number of ketones is 1. The van der Waals surface area contributed by atoms with E-state index in [1.165, 1.54) is 0 Å². The first-order valence-corrected chi connectivity index (χ1v) is 5.96. The number of aliphatic imine (C=N–C) groups is 1. The monoisotopic (exact) mass is 223 g/mol. The van der Waals surface area contributed by atoms with Gasteiger partial charge < -0.3 is 9.47 Å². The molecule has 16 heavy (non-hydrogen) atoms. The molecular formula is C12H17NO3. The van der Waals surface area contributed by atoms with E-state index in [2.05, 4.69) is 11.9 Å². The van der Waals surface area contributed by atoms with E-state index in [9.17, 15) is 4.79 Å². The van der Waals surface area contributed by atoms with E-state index in [1.807, 2.05) is 6.92 Å². The summed E-state index contributed by atoms with van der Waals surface area (Å²) in [7, 11) is 1.63. The van der Waals surface area contributed by atoms with E-state index in [-0.39, 0.29) is 17.9 Å². The molecule has 0 N–H and O–H groups in total. The van der Waals surface area contributed by atoms with Crippen LogP contribution >= 0.6 is 0 Å². The maximum absolute atomic E-state index is 12.2. The summed E-state index contributed by atoms with van der Waals surface area (Å²) in [6, 6.07) is 0. The molecule has 0 aromatic rings. The molecule has 2 fully saturated rings. The smallest absolute Gasteiger partial charge is 0.209 e. The van der Waals surface area contributed by atoms with Crippen molar-refractivity contribution in [3.8, 4) is 0 Å². The van der Waals surface area contributed by atoms with Crippen molar-refractivity contribution in [3.63, 3.8) is 0 Å². The summed E-state index contributed by atoms with van der Waals surface area (Å²) in [4.78, 5) is 16.7. The average molecular weight is 223 g/mol. The van der Waals surface area contributed by atoms with E-state index < -0.39 is 5.72 Å². The van der Waals surface area contributed by atoms with Gasteiger partial charge >= 0.3 is 0 Å². The Morgan fingerprint density at radius 2 is 2.38 bits per heavy atom. The first kappa shape index (κ1) is 10.3. The first-order chi connectivity index (χ1) is 7.64. The van der Waals surface area contributed by atoms with Crippen molar-refractivity contribution in [1.29, 1.82) is 0 Å². The van der Waals surface area contributed by atoms with Crippen molar-refractivity contribution in [2.24, 2.45) is 22.7 Å². The minimum absolute atomic E-state index is 0.0369. The number of hydrogen-bond donors (Lipinski definition) is 0. The Morgan fingerprint density at radius 1 is 1.62 bits per heavy atom. The highest BCUT2D eigenvalue weighted by atomic mass is 16.6. The quantitative estimate of drug-likeness (QED) is 0.710. The lowest BCUT2D eigenvalue weighted by atomic mass is 9.79. The molecule has 2 saturated carbocycles. The summed E-state index contributed by atoms with van der Waals surface area (Å²) in [5.74, 6) is 1.34. The molecule has 0 aromatic heterocycles. The molecule has 2 aliphatic carbocycles. The van der Waals surface area contributed by atoms with Gasteiger partial charge in [0, 0.05) is 25.9 Å². The van der Waals surface area contributed by atoms with E-state index in [4.69, 9.17) is 9.47 Å². The van der Waals surface area contributed by atoms with Gasteiger partial charge in [0.1, 0.15) is 5.78 Å². The maximum Gasteiger partial charge on any atom is 0.209 e. The molecule has 0 aromatic carbocycles. The lowest BCUT2D eigenvalue weighted by Crippen LogP contribution is -2.51. The fourth-order valence-corrected chi connectivity index (χ4v) is 3.81. The molecule has 88 valence electrons. The number of ether oxygens (including phenoxy) is 2. The van der Waals surface area contributed by atoms with Crippen molar-refractivity contribution in [3.05, 3.63) is 0 Å². The third-order valence-electron chi connectivity index (χ3n) is 4.43. The Hall–Kier alpha value is -0.900. The predicted octanol–water partition coefficient (Wildman–Crippen LogP) is 1.39. The third kappa shape index (κ3) is 0.943. The molecule has 3 aliphatic rings. The van der Waals surface area contributed by atoms with Gasteiger partial charge in [-0.05, 0) is 12.8 Å². The van der Waals surface area contributed by atoms with E-state index >= 15 is 0 Å². The van der Waals surface area contributed by atoms with Gasteiger partial charge in [-0.2, -0.15) is 0 Å². The van der Waals surface area contributed by atoms with Crippen LogP contribution in [-0.2, 0) is 14.3 Å². The normalized spacial score (nSPS) is 49.2. The van der Waals surface area contributed by atoms with Crippen LogP contribution in [0.3, 0.4) is 0 Å². The first-order valence-electron chi connectivity index (χ1n) is 5.96. The summed E-state index contributed by atoms with van der Waals surface area (Å²) < 4.78 is 11.3. The van der Waals surface area contributed by atoms with Crippen LogP contribution in [0.1, 0.15) is 26.7 Å². The zero-order chi connectivity index (χ0) is 11.5. The number of hydrogen-bond acceptors (Lipinski definition) is 4. The summed E-state index contributed by atoms with van der Waals surface area (Å²) in [6.07, 6.45) is 1.75. The Labute approximate surface area is 95.0 Å². The Balaban J connectivity index is 2.03. The molecule has 3 rings (SSSR count). The summed E-state index contributed by atoms with van der Waals surface area (Å²) >= 11 is 0. The second kappa shape index (κ2) is 3.06. The van der Waals surface area contributed by atoms with Gasteiger partial charge in [-0.15, -0.1) is 0 Å². The largest absolute Gasteiger partial charge is 0.472 e. The molecule has 5 unspecified atom stereocenters. The van der Waals surface area contributed by atoms with Gasteiger partial charge in [-0.3, -0.25) is 4.79 Å². The molecular weight excluding hydrogens is 206 g/mol. The lowest BCUT2D eigenvalue weighted by Gasteiger charge is -2.36. The Morgan fingerprint density at radius 3 is 3.00 bits per heavy atom. The van der Waals surface area contributed by atoms with E-state index in [0.29, 0.717) is 17.6 Å². The highest BCUT2D eigenvalue weighted by Gasteiger charge is 2.70. The number of fused-ring (bicyclic) bond motifs is 5. The van der Waals surface area contributed by atoms with Crippen LogP contribution in [0.2, 0.25) is 0 Å². The lowest BCUT2D eigenvalue weighted by molar-refractivity contribution is -0.150. The molecule has 1 heterocycles. The summed E-state index contributed by atoms with van der Waals surface area (Å²) in [6.45, 7) is 3.91. The van der Waals surface area contributed by atoms with Crippen LogP contribution in [0.15, 0.2) is 4.99 Å². The fraction of sp³-hybridized carbons (Fsp3) is 0.833. The highest BCUT2D eigenvalue weighted by molar-refractivity contribution is 5.90. The summed E-state index contributed by atoms with van der Waals surface area (Å²) in [5.41, 5.74) is -0.697. The summed E-state index contributed by atoms with van der Waals surface area (Å²) in [5, 5.41) is 0. The molecule has 0 saturated heterocycles. The van der Waals surface area contributed by atoms with Crippen LogP contribution in [0.25, 0.3) is 0 Å².